The lowest BCUT2D eigenvalue weighted by Gasteiger charge is -2.09. The number of nitriles is 2. The molecule has 0 aliphatic rings. The van der Waals surface area contributed by atoms with Crippen LogP contribution in [0.2, 0.25) is 0 Å². The summed E-state index contributed by atoms with van der Waals surface area (Å²) < 4.78 is 0. The Kier molecular flexibility index (Phi) is 3.44. The van der Waals surface area contributed by atoms with Crippen LogP contribution >= 0.6 is 0 Å². The Morgan fingerprint density at radius 1 is 0.722 bits per heavy atom. The fraction of sp³-hybridized carbons (Fsp3) is 0. The van der Waals surface area contributed by atoms with Gasteiger partial charge >= 0.3 is 0 Å². The average molecular weight is 234 g/mol. The average Bonchev–Trinajstić information content (AvgIpc) is 2.46. The molecule has 0 aliphatic heterocycles. The van der Waals surface area contributed by atoms with Gasteiger partial charge in [-0.3, -0.25) is 0 Å². The molecule has 0 amide bonds. The maximum absolute atomic E-state index is 8.78. The molecule has 2 N–H and O–H groups in total. The van der Waals surface area contributed by atoms with Crippen LogP contribution in [0, 0.1) is 22.7 Å². The smallest absolute Gasteiger partial charge is 0.0992 e. The minimum atomic E-state index is 0.599. The Morgan fingerprint density at radius 3 is 2.06 bits per heavy atom. The van der Waals surface area contributed by atoms with Crippen molar-refractivity contribution in [2.75, 3.05) is 10.9 Å². The highest BCUT2D eigenvalue weighted by Gasteiger charge is 1.95. The van der Waals surface area contributed by atoms with Gasteiger partial charge in [0.2, 0.25) is 0 Å². The highest BCUT2D eigenvalue weighted by molar-refractivity contribution is 5.55. The van der Waals surface area contributed by atoms with Gasteiger partial charge in [-0.1, -0.05) is 6.07 Å². The van der Waals surface area contributed by atoms with E-state index in [1.54, 1.807) is 42.5 Å². The van der Waals surface area contributed by atoms with E-state index in [9.17, 15) is 0 Å². The van der Waals surface area contributed by atoms with Crippen molar-refractivity contribution in [3.05, 3.63) is 59.7 Å². The van der Waals surface area contributed by atoms with Gasteiger partial charge in [-0.2, -0.15) is 10.5 Å². The molecule has 0 aromatic heterocycles. The first-order valence-electron chi connectivity index (χ1n) is 5.34. The predicted molar refractivity (Wildman–Crippen MR) is 69.6 cm³/mol. The number of nitrogens with one attached hydrogen (secondary N) is 2. The first-order valence-corrected chi connectivity index (χ1v) is 5.34. The zero-order valence-electron chi connectivity index (χ0n) is 9.51. The molecule has 0 fully saturated rings. The topological polar surface area (TPSA) is 71.6 Å². The van der Waals surface area contributed by atoms with Crippen LogP contribution in [0.1, 0.15) is 11.1 Å². The van der Waals surface area contributed by atoms with Crippen molar-refractivity contribution in [3.8, 4) is 12.1 Å². The first-order chi connectivity index (χ1) is 8.81. The lowest BCUT2D eigenvalue weighted by Crippen LogP contribution is -2.08. The van der Waals surface area contributed by atoms with Crippen LogP contribution in [-0.2, 0) is 0 Å². The minimum absolute atomic E-state index is 0.599. The lowest BCUT2D eigenvalue weighted by atomic mass is 10.2. The molecule has 0 saturated heterocycles. The Balaban J connectivity index is 2.02. The van der Waals surface area contributed by atoms with Crippen LogP contribution in [0.3, 0.4) is 0 Å². The Bertz CT molecular complexity index is 617. The molecule has 0 atom stereocenters. The molecule has 0 saturated carbocycles. The molecule has 86 valence electrons. The van der Waals surface area contributed by atoms with Gasteiger partial charge < -0.3 is 10.9 Å². The van der Waals surface area contributed by atoms with Gasteiger partial charge in [0.25, 0.3) is 0 Å². The van der Waals surface area contributed by atoms with E-state index in [1.807, 2.05) is 6.07 Å². The monoisotopic (exact) mass is 234 g/mol. The second kappa shape index (κ2) is 5.38. The molecule has 18 heavy (non-hydrogen) atoms. The molecular formula is C14H10N4. The molecule has 2 rings (SSSR count). The number of hydrazine groups is 1. The van der Waals surface area contributed by atoms with E-state index < -0.39 is 0 Å². The van der Waals surface area contributed by atoms with Crippen molar-refractivity contribution < 1.29 is 0 Å². The standard InChI is InChI=1S/C14H10N4/c15-9-11-4-6-13(7-5-11)17-18-14-3-1-2-12(8-14)10-16/h1-8,17-18H. The highest BCUT2D eigenvalue weighted by Crippen LogP contribution is 2.12. The summed E-state index contributed by atoms with van der Waals surface area (Å²) in [6, 6.07) is 18.4. The lowest BCUT2D eigenvalue weighted by molar-refractivity contribution is 1.39. The molecule has 0 bridgehead atoms. The normalized spacial score (nSPS) is 9.00. The van der Waals surface area contributed by atoms with Gasteiger partial charge in [0, 0.05) is 0 Å². The predicted octanol–water partition coefficient (Wildman–Crippen LogP) is 2.87. The van der Waals surface area contributed by atoms with E-state index in [1.165, 1.54) is 0 Å². The van der Waals surface area contributed by atoms with E-state index in [0.717, 1.165) is 11.4 Å². The highest BCUT2D eigenvalue weighted by atomic mass is 15.4. The van der Waals surface area contributed by atoms with E-state index in [-0.39, 0.29) is 0 Å². The summed E-state index contributed by atoms with van der Waals surface area (Å²) in [6.07, 6.45) is 0. The number of nitrogens with zero attached hydrogens (tertiary/aromatic N) is 2. The second-order valence-corrected chi connectivity index (χ2v) is 3.63. The van der Waals surface area contributed by atoms with Gasteiger partial charge in [-0.25, -0.2) is 0 Å². The summed E-state index contributed by atoms with van der Waals surface area (Å²) in [7, 11) is 0. The van der Waals surface area contributed by atoms with Crippen LogP contribution < -0.4 is 10.9 Å². The van der Waals surface area contributed by atoms with E-state index in [0.29, 0.717) is 11.1 Å². The number of hydrogen-bond acceptors (Lipinski definition) is 4. The fourth-order valence-corrected chi connectivity index (χ4v) is 1.44. The van der Waals surface area contributed by atoms with E-state index in [4.69, 9.17) is 10.5 Å². The third-order valence-electron chi connectivity index (χ3n) is 2.36. The summed E-state index contributed by atoms with van der Waals surface area (Å²) in [4.78, 5) is 0. The zero-order chi connectivity index (χ0) is 12.8. The number of rotatable bonds is 3. The molecule has 4 nitrogen and oxygen atoms in total. The molecule has 0 radical (unpaired) electrons. The minimum Gasteiger partial charge on any atom is -0.301 e. The van der Waals surface area contributed by atoms with Crippen molar-refractivity contribution in [1.29, 1.82) is 10.5 Å². The van der Waals surface area contributed by atoms with Crippen molar-refractivity contribution in [2.24, 2.45) is 0 Å². The van der Waals surface area contributed by atoms with Gasteiger partial charge in [0.1, 0.15) is 0 Å². The summed E-state index contributed by atoms with van der Waals surface area (Å²) in [5.41, 5.74) is 8.85. The zero-order valence-corrected chi connectivity index (χ0v) is 9.51. The Labute approximate surface area is 105 Å². The van der Waals surface area contributed by atoms with Crippen molar-refractivity contribution >= 4 is 11.4 Å². The molecule has 2 aromatic carbocycles. The maximum atomic E-state index is 8.78. The van der Waals surface area contributed by atoms with Gasteiger partial charge in [0.15, 0.2) is 0 Å². The Morgan fingerprint density at radius 2 is 1.39 bits per heavy atom. The molecule has 0 aliphatic carbocycles. The van der Waals surface area contributed by atoms with Crippen LogP contribution in [-0.4, -0.2) is 0 Å². The van der Waals surface area contributed by atoms with Crippen LogP contribution in [0.5, 0.6) is 0 Å². The summed E-state index contributed by atoms with van der Waals surface area (Å²) in [5, 5.41) is 17.5. The largest absolute Gasteiger partial charge is 0.301 e. The Hall–Kier alpha value is -2.98. The van der Waals surface area contributed by atoms with Crippen LogP contribution in [0.15, 0.2) is 48.5 Å². The van der Waals surface area contributed by atoms with Crippen LogP contribution in [0.4, 0.5) is 11.4 Å². The molecule has 0 unspecified atom stereocenters. The van der Waals surface area contributed by atoms with E-state index in [2.05, 4.69) is 23.0 Å². The van der Waals surface area contributed by atoms with Crippen LogP contribution in [0.25, 0.3) is 0 Å². The first kappa shape index (κ1) is 11.5. The fourth-order valence-electron chi connectivity index (χ4n) is 1.44. The van der Waals surface area contributed by atoms with Gasteiger partial charge in [0.05, 0.1) is 34.6 Å². The third-order valence-corrected chi connectivity index (χ3v) is 2.36. The summed E-state index contributed by atoms with van der Waals surface area (Å²) in [5.74, 6) is 0. The quantitative estimate of drug-likeness (QED) is 0.801. The summed E-state index contributed by atoms with van der Waals surface area (Å²) in [6.45, 7) is 0. The summed E-state index contributed by atoms with van der Waals surface area (Å²) >= 11 is 0. The third kappa shape index (κ3) is 2.78. The molecule has 2 aromatic rings. The SMILES string of the molecule is N#Cc1ccc(NNc2cccc(C#N)c2)cc1. The maximum Gasteiger partial charge on any atom is 0.0992 e. The van der Waals surface area contributed by atoms with Gasteiger partial charge in [-0.05, 0) is 42.5 Å². The van der Waals surface area contributed by atoms with Crippen molar-refractivity contribution in [2.45, 2.75) is 0 Å². The molecule has 4 heteroatoms. The van der Waals surface area contributed by atoms with Crippen molar-refractivity contribution in [1.82, 2.24) is 0 Å². The molecular weight excluding hydrogens is 224 g/mol. The number of benzene rings is 2. The number of hydrogen-bond donors (Lipinski definition) is 2. The molecule has 0 heterocycles. The van der Waals surface area contributed by atoms with E-state index >= 15 is 0 Å². The van der Waals surface area contributed by atoms with Gasteiger partial charge in [-0.15, -0.1) is 0 Å². The molecule has 0 spiro atoms. The number of anilines is 2. The second-order valence-electron chi connectivity index (χ2n) is 3.63. The van der Waals surface area contributed by atoms with Crippen molar-refractivity contribution in [3.63, 3.8) is 0 Å².